The van der Waals surface area contributed by atoms with Crippen LogP contribution in [-0.2, 0) is 0 Å². The van der Waals surface area contributed by atoms with Gasteiger partial charge in [-0.05, 0) is 76.9 Å². The summed E-state index contributed by atoms with van der Waals surface area (Å²) in [5, 5.41) is 3.20. The molecule has 222 valence electrons. The number of fused-ring (bicyclic) bond motifs is 5. The van der Waals surface area contributed by atoms with Crippen molar-refractivity contribution in [1.29, 1.82) is 0 Å². The molecular weight excluding hydrogens is 593 g/mol. The van der Waals surface area contributed by atoms with Crippen LogP contribution in [0.15, 0.2) is 174 Å². The Hall–Kier alpha value is -5.97. The van der Waals surface area contributed by atoms with E-state index in [1.165, 1.54) is 22.3 Å². The van der Waals surface area contributed by atoms with Crippen LogP contribution in [-0.4, -0.2) is 4.98 Å². The zero-order chi connectivity index (χ0) is 31.2. The van der Waals surface area contributed by atoms with Crippen LogP contribution in [0.4, 0.5) is 17.1 Å². The van der Waals surface area contributed by atoms with E-state index in [0.717, 1.165) is 59.8 Å². The third-order valence-electron chi connectivity index (χ3n) is 8.72. The molecule has 0 amide bonds. The summed E-state index contributed by atoms with van der Waals surface area (Å²) < 4.78 is 7.55. The summed E-state index contributed by atoms with van der Waals surface area (Å²) in [5.74, 6) is 0. The van der Waals surface area contributed by atoms with Crippen molar-refractivity contribution in [2.75, 3.05) is 4.90 Å². The van der Waals surface area contributed by atoms with Crippen molar-refractivity contribution in [3.05, 3.63) is 170 Å². The second-order valence-corrected chi connectivity index (χ2v) is 12.6. The summed E-state index contributed by atoms with van der Waals surface area (Å²) in [5.41, 5.74) is 11.9. The van der Waals surface area contributed by atoms with E-state index in [1.54, 1.807) is 11.3 Å². The number of hydrogen-bond donors (Lipinski definition) is 0. The third kappa shape index (κ3) is 4.96. The van der Waals surface area contributed by atoms with E-state index < -0.39 is 0 Å². The molecule has 9 aromatic rings. The van der Waals surface area contributed by atoms with E-state index in [9.17, 15) is 0 Å². The highest BCUT2D eigenvalue weighted by Crippen LogP contribution is 2.43. The summed E-state index contributed by atoms with van der Waals surface area (Å²) in [6.45, 7) is 0. The average Bonchev–Trinajstić information content (AvgIpc) is 3.75. The van der Waals surface area contributed by atoms with Crippen LogP contribution in [0.2, 0.25) is 0 Å². The number of benzene rings is 7. The van der Waals surface area contributed by atoms with Crippen molar-refractivity contribution in [1.82, 2.24) is 4.98 Å². The Labute approximate surface area is 276 Å². The quantitative estimate of drug-likeness (QED) is 0.185. The number of furan rings is 1. The van der Waals surface area contributed by atoms with Gasteiger partial charge in [0.25, 0.3) is 0 Å². The zero-order valence-corrected chi connectivity index (χ0v) is 26.2. The molecule has 2 heterocycles. The van der Waals surface area contributed by atoms with Gasteiger partial charge in [-0.1, -0.05) is 115 Å². The van der Waals surface area contributed by atoms with Crippen LogP contribution in [0, 0.1) is 0 Å². The van der Waals surface area contributed by atoms with Gasteiger partial charge in [-0.25, -0.2) is 4.98 Å². The van der Waals surface area contributed by atoms with Crippen molar-refractivity contribution in [2.24, 2.45) is 0 Å². The topological polar surface area (TPSA) is 29.3 Å². The molecule has 0 aliphatic heterocycles. The molecule has 0 aliphatic rings. The molecule has 0 N–H and O–H groups in total. The highest BCUT2D eigenvalue weighted by atomic mass is 32.1. The molecule has 4 heteroatoms. The lowest BCUT2D eigenvalue weighted by molar-refractivity contribution is 0.669. The van der Waals surface area contributed by atoms with Gasteiger partial charge in [-0.3, -0.25) is 0 Å². The van der Waals surface area contributed by atoms with Crippen LogP contribution >= 0.6 is 11.3 Å². The second kappa shape index (κ2) is 11.4. The highest BCUT2D eigenvalue weighted by molar-refractivity contribution is 7.22. The largest absolute Gasteiger partial charge is 0.456 e. The lowest BCUT2D eigenvalue weighted by Crippen LogP contribution is -2.09. The van der Waals surface area contributed by atoms with Crippen molar-refractivity contribution >= 4 is 60.6 Å². The van der Waals surface area contributed by atoms with Crippen LogP contribution < -0.4 is 4.90 Å². The number of hydrogen-bond acceptors (Lipinski definition) is 4. The summed E-state index contributed by atoms with van der Waals surface area (Å²) in [4.78, 5) is 7.33. The first-order chi connectivity index (χ1) is 23.3. The standard InChI is InChI=1S/C43H28N2OS/c1-4-10-29(11-5-1)31-16-20-34(21-17-31)45(35-22-18-32(19-23-35)30-12-6-2-7-13-30)36-24-26-39-37(28-36)41-40(46-39)27-25-38-42(41)47-43(44-38)33-14-8-3-9-15-33/h1-28H. The predicted molar refractivity (Wildman–Crippen MR) is 198 cm³/mol. The minimum atomic E-state index is 0.865. The van der Waals surface area contributed by atoms with Gasteiger partial charge in [0.1, 0.15) is 16.2 Å². The van der Waals surface area contributed by atoms with E-state index in [4.69, 9.17) is 9.40 Å². The van der Waals surface area contributed by atoms with Gasteiger partial charge in [0.2, 0.25) is 0 Å². The molecule has 0 spiro atoms. The number of aromatic nitrogens is 1. The van der Waals surface area contributed by atoms with Crippen LogP contribution in [0.25, 0.3) is 65.0 Å². The monoisotopic (exact) mass is 620 g/mol. The first-order valence-corrected chi connectivity index (χ1v) is 16.5. The zero-order valence-electron chi connectivity index (χ0n) is 25.4. The van der Waals surface area contributed by atoms with Gasteiger partial charge >= 0.3 is 0 Å². The smallest absolute Gasteiger partial charge is 0.137 e. The first kappa shape index (κ1) is 27.3. The van der Waals surface area contributed by atoms with E-state index in [1.807, 2.05) is 12.1 Å². The Morgan fingerprint density at radius 2 is 0.936 bits per heavy atom. The molecule has 0 fully saturated rings. The molecule has 0 saturated heterocycles. The molecule has 0 aliphatic carbocycles. The number of anilines is 3. The van der Waals surface area contributed by atoms with E-state index in [2.05, 4.69) is 163 Å². The minimum absolute atomic E-state index is 0.865. The van der Waals surface area contributed by atoms with Gasteiger partial charge in [-0.15, -0.1) is 11.3 Å². The van der Waals surface area contributed by atoms with Crippen LogP contribution in [0.5, 0.6) is 0 Å². The normalized spacial score (nSPS) is 11.4. The lowest BCUT2D eigenvalue weighted by atomic mass is 10.0. The molecule has 0 unspecified atom stereocenters. The van der Waals surface area contributed by atoms with Crippen molar-refractivity contribution in [3.63, 3.8) is 0 Å². The minimum Gasteiger partial charge on any atom is -0.456 e. The maximum atomic E-state index is 6.41. The first-order valence-electron chi connectivity index (χ1n) is 15.7. The molecule has 0 saturated carbocycles. The predicted octanol–water partition coefficient (Wildman–Crippen LogP) is 12.7. The SMILES string of the molecule is c1ccc(-c2ccc(N(c3ccc(-c4ccccc4)cc3)c3ccc4oc5ccc6nc(-c7ccccc7)sc6c5c4c3)cc2)cc1. The summed E-state index contributed by atoms with van der Waals surface area (Å²) >= 11 is 1.72. The molecule has 7 aromatic carbocycles. The molecular formula is C43H28N2OS. The molecule has 3 nitrogen and oxygen atoms in total. The Balaban J connectivity index is 1.20. The van der Waals surface area contributed by atoms with Gasteiger partial charge < -0.3 is 9.32 Å². The average molecular weight is 621 g/mol. The Bertz CT molecular complexity index is 2400. The lowest BCUT2D eigenvalue weighted by Gasteiger charge is -2.26. The molecule has 0 radical (unpaired) electrons. The molecule has 9 rings (SSSR count). The van der Waals surface area contributed by atoms with Crippen LogP contribution in [0.3, 0.4) is 0 Å². The van der Waals surface area contributed by atoms with Crippen molar-refractivity contribution in [3.8, 4) is 32.8 Å². The summed E-state index contributed by atoms with van der Waals surface area (Å²) in [7, 11) is 0. The van der Waals surface area contributed by atoms with Gasteiger partial charge in [0.15, 0.2) is 0 Å². The second-order valence-electron chi connectivity index (χ2n) is 11.6. The van der Waals surface area contributed by atoms with E-state index >= 15 is 0 Å². The molecule has 0 atom stereocenters. The number of thiazole rings is 1. The molecule has 2 aromatic heterocycles. The fourth-order valence-corrected chi connectivity index (χ4v) is 7.51. The Kier molecular flexibility index (Phi) is 6.65. The van der Waals surface area contributed by atoms with Gasteiger partial charge in [-0.2, -0.15) is 0 Å². The van der Waals surface area contributed by atoms with Gasteiger partial charge in [0.05, 0.1) is 10.2 Å². The van der Waals surface area contributed by atoms with Crippen molar-refractivity contribution in [2.45, 2.75) is 0 Å². The molecule has 47 heavy (non-hydrogen) atoms. The fraction of sp³-hybridized carbons (Fsp3) is 0. The fourth-order valence-electron chi connectivity index (χ4n) is 6.39. The van der Waals surface area contributed by atoms with E-state index in [-0.39, 0.29) is 0 Å². The number of nitrogens with zero attached hydrogens (tertiary/aromatic N) is 2. The maximum absolute atomic E-state index is 6.41. The Morgan fingerprint density at radius 1 is 0.447 bits per heavy atom. The third-order valence-corrected chi connectivity index (χ3v) is 9.85. The summed E-state index contributed by atoms with van der Waals surface area (Å²) in [6, 6.07) is 59.7. The van der Waals surface area contributed by atoms with Crippen LogP contribution in [0.1, 0.15) is 0 Å². The van der Waals surface area contributed by atoms with E-state index in [0.29, 0.717) is 0 Å². The highest BCUT2D eigenvalue weighted by Gasteiger charge is 2.19. The number of rotatable bonds is 6. The Morgan fingerprint density at radius 3 is 1.51 bits per heavy atom. The summed E-state index contributed by atoms with van der Waals surface area (Å²) in [6.07, 6.45) is 0. The van der Waals surface area contributed by atoms with Crippen molar-refractivity contribution < 1.29 is 4.42 Å². The van der Waals surface area contributed by atoms with Gasteiger partial charge in [0, 0.05) is 33.4 Å². The maximum Gasteiger partial charge on any atom is 0.137 e. The molecule has 0 bridgehead atoms.